The summed E-state index contributed by atoms with van der Waals surface area (Å²) in [7, 11) is 0. The molecule has 2 heterocycles. The summed E-state index contributed by atoms with van der Waals surface area (Å²) in [5.74, 6) is -0.360. The molecule has 6 heteroatoms. The number of aromatic nitrogens is 1. The fraction of sp³-hybridized carbons (Fsp3) is 0.267. The average molecular weight is 289 g/mol. The Balaban J connectivity index is 1.77. The summed E-state index contributed by atoms with van der Waals surface area (Å²) in [5, 5.41) is 12.2. The molecular weight excluding hydrogens is 273 g/mol. The smallest absolute Gasteiger partial charge is 0.321 e. The first-order chi connectivity index (χ1) is 10.1. The first-order valence-electron chi connectivity index (χ1n) is 6.80. The van der Waals surface area contributed by atoms with Gasteiger partial charge >= 0.3 is 6.03 Å². The van der Waals surface area contributed by atoms with Gasteiger partial charge in [-0.1, -0.05) is 0 Å². The Labute approximate surface area is 121 Å². The van der Waals surface area contributed by atoms with Crippen molar-refractivity contribution in [3.63, 3.8) is 0 Å². The molecule has 2 amide bonds. The van der Waals surface area contributed by atoms with Crippen LogP contribution >= 0.6 is 0 Å². The SMILES string of the molecule is O=C(Nc1ccc(F)c(-n2cccc2)c1)N1CC[C@H](O)C1. The number of nitrogens with one attached hydrogen (secondary N) is 1. The van der Waals surface area contributed by atoms with E-state index in [-0.39, 0.29) is 11.8 Å². The third-order valence-corrected chi connectivity index (χ3v) is 3.53. The molecule has 1 atom stereocenters. The van der Waals surface area contributed by atoms with Crippen molar-refractivity contribution in [3.8, 4) is 5.69 Å². The highest BCUT2D eigenvalue weighted by atomic mass is 19.1. The number of hydrogen-bond donors (Lipinski definition) is 2. The highest BCUT2D eigenvalue weighted by molar-refractivity contribution is 5.89. The van der Waals surface area contributed by atoms with Crippen molar-refractivity contribution in [2.24, 2.45) is 0 Å². The van der Waals surface area contributed by atoms with Crippen LogP contribution in [0.3, 0.4) is 0 Å². The number of rotatable bonds is 2. The van der Waals surface area contributed by atoms with Crippen LogP contribution in [0.25, 0.3) is 5.69 Å². The van der Waals surface area contributed by atoms with E-state index < -0.39 is 6.10 Å². The van der Waals surface area contributed by atoms with Gasteiger partial charge in [0.15, 0.2) is 0 Å². The number of amides is 2. The van der Waals surface area contributed by atoms with Crippen molar-refractivity contribution in [2.75, 3.05) is 18.4 Å². The number of aliphatic hydroxyl groups excluding tert-OH is 1. The van der Waals surface area contributed by atoms with Crippen LogP contribution < -0.4 is 5.32 Å². The van der Waals surface area contributed by atoms with Crippen molar-refractivity contribution in [1.29, 1.82) is 0 Å². The van der Waals surface area contributed by atoms with Crippen molar-refractivity contribution >= 4 is 11.7 Å². The van der Waals surface area contributed by atoms with Gasteiger partial charge in [-0.15, -0.1) is 0 Å². The molecule has 0 saturated carbocycles. The van der Waals surface area contributed by atoms with Gasteiger partial charge in [-0.2, -0.15) is 0 Å². The second-order valence-electron chi connectivity index (χ2n) is 5.08. The summed E-state index contributed by atoms with van der Waals surface area (Å²) in [6.07, 6.45) is 3.60. The van der Waals surface area contributed by atoms with E-state index in [1.165, 1.54) is 12.1 Å². The van der Waals surface area contributed by atoms with Gasteiger partial charge in [0.25, 0.3) is 0 Å². The minimum Gasteiger partial charge on any atom is -0.391 e. The van der Waals surface area contributed by atoms with Crippen LogP contribution in [-0.2, 0) is 0 Å². The van der Waals surface area contributed by atoms with E-state index in [0.717, 1.165) is 0 Å². The molecule has 1 fully saturated rings. The molecular formula is C15H16FN3O2. The second-order valence-corrected chi connectivity index (χ2v) is 5.08. The van der Waals surface area contributed by atoms with Gasteiger partial charge in [0.05, 0.1) is 11.8 Å². The molecule has 0 bridgehead atoms. The molecule has 1 aromatic carbocycles. The molecule has 1 aliphatic heterocycles. The maximum absolute atomic E-state index is 13.8. The Morgan fingerprint density at radius 1 is 1.33 bits per heavy atom. The van der Waals surface area contributed by atoms with Crippen molar-refractivity contribution < 1.29 is 14.3 Å². The summed E-state index contributed by atoms with van der Waals surface area (Å²) in [4.78, 5) is 13.6. The van der Waals surface area contributed by atoms with Gasteiger partial charge in [-0.25, -0.2) is 9.18 Å². The lowest BCUT2D eigenvalue weighted by Gasteiger charge is -2.17. The topological polar surface area (TPSA) is 57.5 Å². The number of carbonyl (C=O) groups is 1. The molecule has 110 valence electrons. The van der Waals surface area contributed by atoms with Gasteiger partial charge in [0.2, 0.25) is 0 Å². The van der Waals surface area contributed by atoms with Crippen molar-refractivity contribution in [1.82, 2.24) is 9.47 Å². The van der Waals surface area contributed by atoms with Crippen LogP contribution in [0.5, 0.6) is 0 Å². The summed E-state index contributed by atoms with van der Waals surface area (Å²) in [6.45, 7) is 0.857. The number of urea groups is 1. The molecule has 1 aromatic heterocycles. The van der Waals surface area contributed by atoms with Gasteiger partial charge < -0.3 is 19.9 Å². The standard InChI is InChI=1S/C15H16FN3O2/c16-13-4-3-11(9-14(13)18-6-1-2-7-18)17-15(21)19-8-5-12(20)10-19/h1-4,6-7,9,12,20H,5,8,10H2,(H,17,21)/t12-/m0/s1. The van der Waals surface area contributed by atoms with Crippen LogP contribution in [0.1, 0.15) is 6.42 Å². The fourth-order valence-corrected chi connectivity index (χ4v) is 2.41. The van der Waals surface area contributed by atoms with Gasteiger partial charge in [-0.3, -0.25) is 0 Å². The zero-order valence-corrected chi connectivity index (χ0v) is 11.4. The van der Waals surface area contributed by atoms with Crippen LogP contribution in [0, 0.1) is 5.82 Å². The first-order valence-corrected chi connectivity index (χ1v) is 6.80. The molecule has 3 rings (SSSR count). The average Bonchev–Trinajstić information content (AvgIpc) is 3.12. The van der Waals surface area contributed by atoms with Crippen LogP contribution in [0.4, 0.5) is 14.9 Å². The molecule has 0 radical (unpaired) electrons. The van der Waals surface area contributed by atoms with E-state index >= 15 is 0 Å². The summed E-state index contributed by atoms with van der Waals surface area (Å²) < 4.78 is 15.5. The van der Waals surface area contributed by atoms with Gasteiger partial charge in [0, 0.05) is 31.2 Å². The third kappa shape index (κ3) is 2.90. The van der Waals surface area contributed by atoms with Crippen molar-refractivity contribution in [3.05, 3.63) is 48.5 Å². The molecule has 0 aliphatic carbocycles. The maximum Gasteiger partial charge on any atom is 0.321 e. The van der Waals surface area contributed by atoms with Crippen molar-refractivity contribution in [2.45, 2.75) is 12.5 Å². The lowest BCUT2D eigenvalue weighted by Crippen LogP contribution is -2.33. The Morgan fingerprint density at radius 3 is 2.76 bits per heavy atom. The van der Waals surface area contributed by atoms with Crippen LogP contribution in [0.15, 0.2) is 42.7 Å². The predicted molar refractivity (Wildman–Crippen MR) is 76.9 cm³/mol. The Kier molecular flexibility index (Phi) is 3.62. The fourth-order valence-electron chi connectivity index (χ4n) is 2.41. The Bertz CT molecular complexity index is 642. The highest BCUT2D eigenvalue weighted by Gasteiger charge is 2.24. The second kappa shape index (κ2) is 5.57. The highest BCUT2D eigenvalue weighted by Crippen LogP contribution is 2.20. The van der Waals surface area contributed by atoms with E-state index in [1.54, 1.807) is 40.1 Å². The number of aliphatic hydroxyl groups is 1. The molecule has 2 N–H and O–H groups in total. The molecule has 0 spiro atoms. The monoisotopic (exact) mass is 289 g/mol. The molecule has 1 aliphatic rings. The van der Waals surface area contributed by atoms with Gasteiger partial charge in [-0.05, 0) is 36.8 Å². The number of carbonyl (C=O) groups excluding carboxylic acids is 1. The quantitative estimate of drug-likeness (QED) is 0.890. The Morgan fingerprint density at radius 2 is 2.10 bits per heavy atom. The summed E-state index contributed by atoms with van der Waals surface area (Å²) in [5.41, 5.74) is 0.894. The number of benzene rings is 1. The van der Waals surface area contributed by atoms with Crippen LogP contribution in [0.2, 0.25) is 0 Å². The lowest BCUT2D eigenvalue weighted by molar-refractivity contribution is 0.176. The molecule has 2 aromatic rings. The first kappa shape index (κ1) is 13.6. The Hall–Kier alpha value is -2.34. The molecule has 0 unspecified atom stereocenters. The number of halogens is 1. The minimum atomic E-state index is -0.459. The normalized spacial score (nSPS) is 18.0. The van der Waals surface area contributed by atoms with E-state index in [1.807, 2.05) is 0 Å². The number of β-amino-alcohol motifs (C(OH)–C–C–N with tert-alkyl or cyclic N) is 1. The van der Waals surface area contributed by atoms with E-state index in [4.69, 9.17) is 0 Å². The number of nitrogens with zero attached hydrogens (tertiary/aromatic N) is 2. The van der Waals surface area contributed by atoms with E-state index in [9.17, 15) is 14.3 Å². The number of anilines is 1. The van der Waals surface area contributed by atoms with Crippen LogP contribution in [-0.4, -0.2) is 39.8 Å². The van der Waals surface area contributed by atoms with Gasteiger partial charge in [0.1, 0.15) is 5.82 Å². The third-order valence-electron chi connectivity index (χ3n) is 3.53. The number of likely N-dealkylation sites (tertiary alicyclic amines) is 1. The summed E-state index contributed by atoms with van der Waals surface area (Å²) in [6, 6.07) is 7.75. The minimum absolute atomic E-state index is 0.281. The van der Waals surface area contributed by atoms with E-state index in [0.29, 0.717) is 30.9 Å². The zero-order chi connectivity index (χ0) is 14.8. The maximum atomic E-state index is 13.8. The van der Waals surface area contributed by atoms with E-state index in [2.05, 4.69) is 5.32 Å². The zero-order valence-electron chi connectivity index (χ0n) is 11.4. The molecule has 1 saturated heterocycles. The summed E-state index contributed by atoms with van der Waals surface area (Å²) >= 11 is 0. The lowest BCUT2D eigenvalue weighted by atomic mass is 10.2. The largest absolute Gasteiger partial charge is 0.391 e. The number of hydrogen-bond acceptors (Lipinski definition) is 2. The molecule has 5 nitrogen and oxygen atoms in total. The molecule has 21 heavy (non-hydrogen) atoms. The predicted octanol–water partition coefficient (Wildman–Crippen LogP) is 2.21.